The first kappa shape index (κ1) is 15.5. The molecule has 7 heteroatoms. The molecule has 0 heterocycles. The molecule has 0 spiro atoms. The molecule has 0 aliphatic rings. The van der Waals surface area contributed by atoms with E-state index >= 15 is 0 Å². The van der Waals surface area contributed by atoms with E-state index in [1.807, 2.05) is 0 Å². The fourth-order valence-electron chi connectivity index (χ4n) is 1.68. The second-order valence-electron chi connectivity index (χ2n) is 4.42. The Hall–Kier alpha value is -1.86. The van der Waals surface area contributed by atoms with Gasteiger partial charge in [-0.25, -0.2) is 8.42 Å². The SMILES string of the molecule is CS(=O)(=O)Nc1cccc(NC(=O)c2ccc(Br)cc2)c1. The summed E-state index contributed by atoms with van der Waals surface area (Å²) in [5, 5.41) is 2.71. The molecule has 21 heavy (non-hydrogen) atoms. The average molecular weight is 369 g/mol. The number of nitrogens with one attached hydrogen (secondary N) is 2. The van der Waals surface area contributed by atoms with Crippen LogP contribution in [0.4, 0.5) is 11.4 Å². The van der Waals surface area contributed by atoms with Crippen molar-refractivity contribution in [3.05, 3.63) is 58.6 Å². The summed E-state index contributed by atoms with van der Waals surface area (Å²) in [6.45, 7) is 0. The number of amides is 1. The lowest BCUT2D eigenvalue weighted by molar-refractivity contribution is 0.102. The Labute approximate surface area is 131 Å². The summed E-state index contributed by atoms with van der Waals surface area (Å²) in [6.07, 6.45) is 1.07. The molecular formula is C14H13BrN2O3S. The van der Waals surface area contributed by atoms with Crippen molar-refractivity contribution in [3.8, 4) is 0 Å². The fraction of sp³-hybridized carbons (Fsp3) is 0.0714. The standard InChI is InChI=1S/C14H13BrN2O3S/c1-21(19,20)17-13-4-2-3-12(9-13)16-14(18)10-5-7-11(15)8-6-10/h2-9,17H,1H3,(H,16,18). The molecule has 0 saturated heterocycles. The number of halogens is 1. The maximum Gasteiger partial charge on any atom is 0.255 e. The van der Waals surface area contributed by atoms with E-state index in [2.05, 4.69) is 26.0 Å². The van der Waals surface area contributed by atoms with Gasteiger partial charge in [0.25, 0.3) is 5.91 Å². The van der Waals surface area contributed by atoms with Crippen molar-refractivity contribution in [2.24, 2.45) is 0 Å². The summed E-state index contributed by atoms with van der Waals surface area (Å²) in [5.41, 5.74) is 1.42. The molecule has 2 aromatic rings. The third-order valence-electron chi connectivity index (χ3n) is 2.53. The molecule has 0 fully saturated rings. The zero-order valence-corrected chi connectivity index (χ0v) is 13.5. The largest absolute Gasteiger partial charge is 0.322 e. The summed E-state index contributed by atoms with van der Waals surface area (Å²) in [7, 11) is -3.35. The molecular weight excluding hydrogens is 356 g/mol. The van der Waals surface area contributed by atoms with Crippen molar-refractivity contribution in [3.63, 3.8) is 0 Å². The van der Waals surface area contributed by atoms with Gasteiger partial charge in [-0.1, -0.05) is 22.0 Å². The Bertz CT molecular complexity index is 758. The quantitative estimate of drug-likeness (QED) is 0.870. The molecule has 0 aliphatic carbocycles. The lowest BCUT2D eigenvalue weighted by atomic mass is 10.2. The third-order valence-corrected chi connectivity index (χ3v) is 3.67. The summed E-state index contributed by atoms with van der Waals surface area (Å²) < 4.78 is 25.6. The molecule has 110 valence electrons. The average Bonchev–Trinajstić information content (AvgIpc) is 2.37. The molecule has 0 aromatic heterocycles. The van der Waals surface area contributed by atoms with Crippen molar-refractivity contribution >= 4 is 43.2 Å². The number of rotatable bonds is 4. The van der Waals surface area contributed by atoms with Crippen molar-refractivity contribution in [2.75, 3.05) is 16.3 Å². The second-order valence-corrected chi connectivity index (χ2v) is 7.08. The zero-order valence-electron chi connectivity index (χ0n) is 11.1. The van der Waals surface area contributed by atoms with Crippen LogP contribution in [0.2, 0.25) is 0 Å². The number of anilines is 2. The van der Waals surface area contributed by atoms with Gasteiger partial charge in [-0.15, -0.1) is 0 Å². The van der Waals surface area contributed by atoms with Gasteiger partial charge in [0.1, 0.15) is 0 Å². The molecule has 0 unspecified atom stereocenters. The minimum Gasteiger partial charge on any atom is -0.322 e. The van der Waals surface area contributed by atoms with E-state index in [1.54, 1.807) is 48.5 Å². The predicted octanol–water partition coefficient (Wildman–Crippen LogP) is 3.07. The first-order valence-electron chi connectivity index (χ1n) is 5.98. The van der Waals surface area contributed by atoms with Crippen LogP contribution >= 0.6 is 15.9 Å². The molecule has 0 aliphatic heterocycles. The Morgan fingerprint density at radius 1 is 1.05 bits per heavy atom. The van der Waals surface area contributed by atoms with Gasteiger partial charge in [-0.2, -0.15) is 0 Å². The van der Waals surface area contributed by atoms with E-state index in [1.165, 1.54) is 0 Å². The Balaban J connectivity index is 2.14. The summed E-state index contributed by atoms with van der Waals surface area (Å²) in [4.78, 5) is 12.1. The predicted molar refractivity (Wildman–Crippen MR) is 87.0 cm³/mol. The lowest BCUT2D eigenvalue weighted by Crippen LogP contribution is -2.13. The highest BCUT2D eigenvalue weighted by Gasteiger charge is 2.07. The van der Waals surface area contributed by atoms with Crippen molar-refractivity contribution in [2.45, 2.75) is 0 Å². The smallest absolute Gasteiger partial charge is 0.255 e. The fourth-order valence-corrected chi connectivity index (χ4v) is 2.50. The number of carbonyl (C=O) groups excluding carboxylic acids is 1. The van der Waals surface area contributed by atoms with Gasteiger partial charge >= 0.3 is 0 Å². The van der Waals surface area contributed by atoms with Crippen LogP contribution in [0.3, 0.4) is 0 Å². The van der Waals surface area contributed by atoms with Crippen LogP contribution in [-0.4, -0.2) is 20.6 Å². The van der Waals surface area contributed by atoms with E-state index in [0.717, 1.165) is 10.7 Å². The van der Waals surface area contributed by atoms with Gasteiger partial charge in [-0.3, -0.25) is 9.52 Å². The number of carbonyl (C=O) groups is 1. The number of hydrogen-bond donors (Lipinski definition) is 2. The zero-order chi connectivity index (χ0) is 15.5. The van der Waals surface area contributed by atoms with E-state index in [4.69, 9.17) is 0 Å². The number of hydrogen-bond acceptors (Lipinski definition) is 3. The number of sulfonamides is 1. The topological polar surface area (TPSA) is 75.3 Å². The third kappa shape index (κ3) is 4.87. The summed E-state index contributed by atoms with van der Waals surface area (Å²) >= 11 is 3.30. The van der Waals surface area contributed by atoms with Crippen molar-refractivity contribution in [1.29, 1.82) is 0 Å². The molecule has 5 nitrogen and oxygen atoms in total. The van der Waals surface area contributed by atoms with Gasteiger partial charge in [0.05, 0.1) is 11.9 Å². The van der Waals surface area contributed by atoms with Crippen LogP contribution in [0.15, 0.2) is 53.0 Å². The van der Waals surface area contributed by atoms with E-state index < -0.39 is 10.0 Å². The van der Waals surface area contributed by atoms with Gasteiger partial charge in [0.2, 0.25) is 10.0 Å². The Kier molecular flexibility index (Phi) is 4.64. The van der Waals surface area contributed by atoms with Crippen molar-refractivity contribution in [1.82, 2.24) is 0 Å². The maximum atomic E-state index is 12.1. The summed E-state index contributed by atoms with van der Waals surface area (Å²) in [5.74, 6) is -0.265. The van der Waals surface area contributed by atoms with Crippen LogP contribution < -0.4 is 10.0 Å². The van der Waals surface area contributed by atoms with E-state index in [0.29, 0.717) is 16.9 Å². The van der Waals surface area contributed by atoms with Crippen LogP contribution in [-0.2, 0) is 10.0 Å². The highest BCUT2D eigenvalue weighted by Crippen LogP contribution is 2.17. The second kappa shape index (κ2) is 6.28. The first-order valence-corrected chi connectivity index (χ1v) is 8.67. The minimum atomic E-state index is -3.35. The first-order chi connectivity index (χ1) is 9.83. The van der Waals surface area contributed by atoms with Crippen LogP contribution in [0, 0.1) is 0 Å². The Morgan fingerprint density at radius 3 is 2.29 bits per heavy atom. The van der Waals surface area contributed by atoms with E-state index in [-0.39, 0.29) is 5.91 Å². The minimum absolute atomic E-state index is 0.265. The molecule has 2 N–H and O–H groups in total. The molecule has 2 aromatic carbocycles. The normalized spacial score (nSPS) is 11.0. The Morgan fingerprint density at radius 2 is 1.67 bits per heavy atom. The molecule has 0 bridgehead atoms. The molecule has 1 amide bonds. The monoisotopic (exact) mass is 368 g/mol. The van der Waals surface area contributed by atoms with Crippen molar-refractivity contribution < 1.29 is 13.2 Å². The molecule has 0 saturated carbocycles. The van der Waals surface area contributed by atoms with E-state index in [9.17, 15) is 13.2 Å². The molecule has 2 rings (SSSR count). The highest BCUT2D eigenvalue weighted by molar-refractivity contribution is 9.10. The van der Waals surface area contributed by atoms with Crippen LogP contribution in [0.5, 0.6) is 0 Å². The van der Waals surface area contributed by atoms with Crippen LogP contribution in [0.25, 0.3) is 0 Å². The lowest BCUT2D eigenvalue weighted by Gasteiger charge is -2.08. The number of benzene rings is 2. The van der Waals surface area contributed by atoms with Gasteiger partial charge < -0.3 is 5.32 Å². The van der Waals surface area contributed by atoms with Gasteiger partial charge in [-0.05, 0) is 42.5 Å². The van der Waals surface area contributed by atoms with Crippen LogP contribution in [0.1, 0.15) is 10.4 Å². The van der Waals surface area contributed by atoms with Gasteiger partial charge in [0.15, 0.2) is 0 Å². The summed E-state index contributed by atoms with van der Waals surface area (Å²) in [6, 6.07) is 13.4. The maximum absolute atomic E-state index is 12.1. The highest BCUT2D eigenvalue weighted by atomic mass is 79.9. The van der Waals surface area contributed by atoms with Gasteiger partial charge in [0, 0.05) is 15.7 Å². The molecule has 0 radical (unpaired) electrons. The molecule has 0 atom stereocenters.